The Kier molecular flexibility index (Phi) is 6.51. The number of hydrogen-bond acceptors (Lipinski definition) is 4. The number of nitrogens with one attached hydrogen (secondary N) is 2. The van der Waals surface area contributed by atoms with Gasteiger partial charge in [-0.1, -0.05) is 32.0 Å². The number of aromatic nitrogens is 1. The molecule has 2 aromatic carbocycles. The molecule has 0 saturated carbocycles. The molecule has 0 fully saturated rings. The zero-order chi connectivity index (χ0) is 21.8. The lowest BCUT2D eigenvalue weighted by Gasteiger charge is -2.21. The Balaban J connectivity index is 1.74. The van der Waals surface area contributed by atoms with E-state index in [1.807, 2.05) is 0 Å². The maximum absolute atomic E-state index is 13.9. The van der Waals surface area contributed by atoms with Gasteiger partial charge in [0.15, 0.2) is 5.13 Å². The first-order chi connectivity index (χ1) is 14.3. The second-order valence-electron chi connectivity index (χ2n) is 6.83. The molecule has 9 heteroatoms. The van der Waals surface area contributed by atoms with Crippen molar-refractivity contribution < 1.29 is 22.8 Å². The summed E-state index contributed by atoms with van der Waals surface area (Å²) in [6.07, 6.45) is 0. The highest BCUT2D eigenvalue weighted by Gasteiger charge is 2.28. The maximum atomic E-state index is 13.9. The van der Waals surface area contributed by atoms with E-state index in [1.165, 1.54) is 12.1 Å². The van der Waals surface area contributed by atoms with E-state index < -0.39 is 40.9 Å². The van der Waals surface area contributed by atoms with E-state index in [9.17, 15) is 22.8 Å². The van der Waals surface area contributed by atoms with Gasteiger partial charge in [-0.3, -0.25) is 9.59 Å². The van der Waals surface area contributed by atoms with Crippen molar-refractivity contribution in [3.05, 3.63) is 70.9 Å². The third-order valence-corrected chi connectivity index (χ3v) is 5.04. The molecule has 0 spiro atoms. The van der Waals surface area contributed by atoms with E-state index in [1.54, 1.807) is 31.4 Å². The molecule has 156 valence electrons. The molecule has 0 aliphatic heterocycles. The maximum Gasteiger partial charge on any atom is 0.257 e. The first kappa shape index (κ1) is 21.5. The van der Waals surface area contributed by atoms with Gasteiger partial charge in [-0.15, -0.1) is 11.3 Å². The average Bonchev–Trinajstić information content (AvgIpc) is 3.14. The Morgan fingerprint density at radius 1 is 1.03 bits per heavy atom. The molecule has 2 N–H and O–H groups in total. The molecule has 0 radical (unpaired) electrons. The number of rotatable bonds is 6. The number of anilines is 1. The Bertz CT molecular complexity index is 1060. The van der Waals surface area contributed by atoms with Crippen molar-refractivity contribution >= 4 is 28.3 Å². The van der Waals surface area contributed by atoms with Crippen LogP contribution in [-0.4, -0.2) is 22.8 Å². The number of thiazole rings is 1. The molecule has 0 aliphatic carbocycles. The standard InChI is InChI=1S/C21H18F3N3O2S/c1-11(2)18(26-19(28)17-14(23)7-4-8-15(17)24)20(29)27-21-25-16(10-30-21)12-5-3-6-13(22)9-12/h3-11,18H,1-2H3,(H,26,28)(H,25,27,29). The van der Waals surface area contributed by atoms with Crippen LogP contribution in [0.3, 0.4) is 0 Å². The molecule has 0 aliphatic rings. The minimum absolute atomic E-state index is 0.247. The highest BCUT2D eigenvalue weighted by Crippen LogP contribution is 2.25. The van der Waals surface area contributed by atoms with Gasteiger partial charge in [0, 0.05) is 10.9 Å². The van der Waals surface area contributed by atoms with Gasteiger partial charge in [0.05, 0.1) is 5.69 Å². The third kappa shape index (κ3) is 4.85. The lowest BCUT2D eigenvalue weighted by molar-refractivity contribution is -0.118. The third-order valence-electron chi connectivity index (χ3n) is 4.28. The van der Waals surface area contributed by atoms with Crippen LogP contribution < -0.4 is 10.6 Å². The minimum atomic E-state index is -1.06. The highest BCUT2D eigenvalue weighted by atomic mass is 32.1. The van der Waals surface area contributed by atoms with Crippen LogP contribution in [0.5, 0.6) is 0 Å². The fourth-order valence-electron chi connectivity index (χ4n) is 2.76. The van der Waals surface area contributed by atoms with Crippen molar-refractivity contribution in [2.45, 2.75) is 19.9 Å². The van der Waals surface area contributed by atoms with Crippen molar-refractivity contribution in [3.8, 4) is 11.3 Å². The molecule has 5 nitrogen and oxygen atoms in total. The number of hydrogen-bond donors (Lipinski definition) is 2. The van der Waals surface area contributed by atoms with Gasteiger partial charge in [0.1, 0.15) is 29.1 Å². The Morgan fingerprint density at radius 2 is 1.70 bits per heavy atom. The number of halogens is 3. The second-order valence-corrected chi connectivity index (χ2v) is 7.69. The van der Waals surface area contributed by atoms with Gasteiger partial charge in [0.25, 0.3) is 5.91 Å². The number of carbonyl (C=O) groups is 2. The van der Waals surface area contributed by atoms with Crippen molar-refractivity contribution in [2.75, 3.05) is 5.32 Å². The molecule has 2 amide bonds. The van der Waals surface area contributed by atoms with Crippen LogP contribution in [0.15, 0.2) is 47.8 Å². The smallest absolute Gasteiger partial charge is 0.257 e. The number of benzene rings is 2. The van der Waals surface area contributed by atoms with E-state index in [0.717, 1.165) is 29.5 Å². The predicted octanol–water partition coefficient (Wildman–Crippen LogP) is 4.62. The number of carbonyl (C=O) groups excluding carboxylic acids is 2. The summed E-state index contributed by atoms with van der Waals surface area (Å²) in [6.45, 7) is 3.37. The van der Waals surface area contributed by atoms with Gasteiger partial charge in [-0.05, 0) is 30.2 Å². The predicted molar refractivity (Wildman–Crippen MR) is 109 cm³/mol. The summed E-state index contributed by atoms with van der Waals surface area (Å²) >= 11 is 1.13. The SMILES string of the molecule is CC(C)C(NC(=O)c1c(F)cccc1F)C(=O)Nc1nc(-c2cccc(F)c2)cs1. The average molecular weight is 433 g/mol. The summed E-state index contributed by atoms with van der Waals surface area (Å²) in [4.78, 5) is 29.3. The van der Waals surface area contributed by atoms with Gasteiger partial charge in [-0.25, -0.2) is 18.2 Å². The van der Waals surface area contributed by atoms with Crippen molar-refractivity contribution in [1.82, 2.24) is 10.3 Å². The molecular weight excluding hydrogens is 415 g/mol. The molecule has 3 aromatic rings. The van der Waals surface area contributed by atoms with E-state index in [2.05, 4.69) is 15.6 Å². The van der Waals surface area contributed by atoms with Gasteiger partial charge >= 0.3 is 0 Å². The molecular formula is C21H18F3N3O2S. The van der Waals surface area contributed by atoms with Crippen LogP contribution in [0.25, 0.3) is 11.3 Å². The van der Waals surface area contributed by atoms with Crippen molar-refractivity contribution in [1.29, 1.82) is 0 Å². The Morgan fingerprint density at radius 3 is 2.33 bits per heavy atom. The van der Waals surface area contributed by atoms with Crippen molar-refractivity contribution in [2.24, 2.45) is 5.92 Å². The van der Waals surface area contributed by atoms with Gasteiger partial charge in [0.2, 0.25) is 5.91 Å². The Labute approximate surface area is 175 Å². The monoisotopic (exact) mass is 433 g/mol. The molecule has 1 unspecified atom stereocenters. The molecule has 1 atom stereocenters. The lowest BCUT2D eigenvalue weighted by atomic mass is 10.0. The fourth-order valence-corrected chi connectivity index (χ4v) is 3.48. The Hall–Kier alpha value is -3.20. The van der Waals surface area contributed by atoms with Crippen LogP contribution in [0, 0.1) is 23.4 Å². The normalized spacial score (nSPS) is 11.9. The van der Waals surface area contributed by atoms with Crippen LogP contribution in [-0.2, 0) is 4.79 Å². The quantitative estimate of drug-likeness (QED) is 0.596. The van der Waals surface area contributed by atoms with Crippen LogP contribution in [0.1, 0.15) is 24.2 Å². The first-order valence-electron chi connectivity index (χ1n) is 9.03. The molecule has 30 heavy (non-hydrogen) atoms. The number of nitrogens with zero attached hydrogens (tertiary/aromatic N) is 1. The molecule has 3 rings (SSSR count). The zero-order valence-electron chi connectivity index (χ0n) is 16.1. The molecule has 1 aromatic heterocycles. The summed E-state index contributed by atoms with van der Waals surface area (Å²) in [6, 6.07) is 7.88. The van der Waals surface area contributed by atoms with E-state index in [-0.39, 0.29) is 11.0 Å². The minimum Gasteiger partial charge on any atom is -0.340 e. The largest absolute Gasteiger partial charge is 0.340 e. The van der Waals surface area contributed by atoms with Crippen molar-refractivity contribution in [3.63, 3.8) is 0 Å². The first-order valence-corrected chi connectivity index (χ1v) is 9.91. The second kappa shape index (κ2) is 9.08. The summed E-state index contributed by atoms with van der Waals surface area (Å²) in [7, 11) is 0. The van der Waals surface area contributed by atoms with E-state index in [0.29, 0.717) is 11.3 Å². The topological polar surface area (TPSA) is 71.1 Å². The lowest BCUT2D eigenvalue weighted by Crippen LogP contribution is -2.47. The molecule has 0 bridgehead atoms. The molecule has 0 saturated heterocycles. The zero-order valence-corrected chi connectivity index (χ0v) is 16.9. The van der Waals surface area contributed by atoms with Gasteiger partial charge < -0.3 is 10.6 Å². The van der Waals surface area contributed by atoms with E-state index >= 15 is 0 Å². The van der Waals surface area contributed by atoms with Gasteiger partial charge in [-0.2, -0.15) is 0 Å². The number of amides is 2. The summed E-state index contributed by atoms with van der Waals surface area (Å²) in [5, 5.41) is 6.86. The fraction of sp³-hybridized carbons (Fsp3) is 0.190. The van der Waals surface area contributed by atoms with E-state index in [4.69, 9.17) is 0 Å². The van der Waals surface area contributed by atoms with Crippen LogP contribution in [0.4, 0.5) is 18.3 Å². The summed E-state index contributed by atoms with van der Waals surface area (Å²) in [5.74, 6) is -4.43. The summed E-state index contributed by atoms with van der Waals surface area (Å²) < 4.78 is 41.1. The highest BCUT2D eigenvalue weighted by molar-refractivity contribution is 7.14. The molecule has 1 heterocycles. The van der Waals surface area contributed by atoms with Crippen LogP contribution >= 0.6 is 11.3 Å². The van der Waals surface area contributed by atoms with Crippen LogP contribution in [0.2, 0.25) is 0 Å². The summed E-state index contributed by atoms with van der Waals surface area (Å²) in [5.41, 5.74) is 0.280.